The van der Waals surface area contributed by atoms with E-state index in [4.69, 9.17) is 21.1 Å². The van der Waals surface area contributed by atoms with Crippen LogP contribution in [0.1, 0.15) is 58.1 Å². The highest BCUT2D eigenvalue weighted by atomic mass is 35.5. The third-order valence-electron chi connectivity index (χ3n) is 6.34. The van der Waals surface area contributed by atoms with Gasteiger partial charge in [0.05, 0.1) is 20.0 Å². The van der Waals surface area contributed by atoms with Gasteiger partial charge in [-0.2, -0.15) is 0 Å². The molecule has 1 saturated carbocycles. The summed E-state index contributed by atoms with van der Waals surface area (Å²) in [6.45, 7) is 12.6. The van der Waals surface area contributed by atoms with Gasteiger partial charge in [0.25, 0.3) is 0 Å². The van der Waals surface area contributed by atoms with Gasteiger partial charge in [0.15, 0.2) is 0 Å². The summed E-state index contributed by atoms with van der Waals surface area (Å²) < 4.78 is 11.0. The molecule has 0 spiro atoms. The highest BCUT2D eigenvalue weighted by molar-refractivity contribution is 6.32. The van der Waals surface area contributed by atoms with Crippen LogP contribution in [0.4, 0.5) is 0 Å². The summed E-state index contributed by atoms with van der Waals surface area (Å²) in [6.07, 6.45) is 15.3. The van der Waals surface area contributed by atoms with Gasteiger partial charge in [0.1, 0.15) is 10.9 Å². The SMILES string of the molecule is C=C1C=C(C(OC)=C2CC2)C=CN1/C(Cl)=C(\CC)c1ccccc1C(=C/C=C(\C)OC)/C(C)=C\C. The first kappa shape index (κ1) is 26.4. The van der Waals surface area contributed by atoms with Gasteiger partial charge in [0.2, 0.25) is 0 Å². The largest absolute Gasteiger partial charge is 0.501 e. The van der Waals surface area contributed by atoms with Crippen molar-refractivity contribution >= 4 is 22.7 Å². The minimum atomic E-state index is 0.649. The van der Waals surface area contributed by atoms with E-state index in [1.807, 2.05) is 36.3 Å². The Kier molecular flexibility index (Phi) is 9.06. The molecule has 3 rings (SSSR count). The first-order valence-electron chi connectivity index (χ1n) is 12.0. The molecule has 1 fully saturated rings. The maximum atomic E-state index is 7.09. The second kappa shape index (κ2) is 12.0. The van der Waals surface area contributed by atoms with E-state index in [2.05, 4.69) is 63.8 Å². The predicted octanol–water partition coefficient (Wildman–Crippen LogP) is 8.87. The Balaban J connectivity index is 2.07. The maximum absolute atomic E-state index is 7.09. The van der Waals surface area contributed by atoms with Gasteiger partial charge in [-0.1, -0.05) is 61.5 Å². The quantitative estimate of drug-likeness (QED) is 0.196. The fraction of sp³-hybridized carbons (Fsp3) is 0.290. The van der Waals surface area contributed by atoms with Crippen molar-refractivity contribution in [3.63, 3.8) is 0 Å². The molecule has 0 saturated heterocycles. The summed E-state index contributed by atoms with van der Waals surface area (Å²) in [4.78, 5) is 1.95. The molecule has 0 N–H and O–H groups in total. The number of nitrogens with zero attached hydrogens (tertiary/aromatic N) is 1. The number of hydrogen-bond donors (Lipinski definition) is 0. The Labute approximate surface area is 215 Å². The lowest BCUT2D eigenvalue weighted by Gasteiger charge is -2.27. The molecule has 0 unspecified atom stereocenters. The van der Waals surface area contributed by atoms with Gasteiger partial charge in [0, 0.05) is 17.5 Å². The van der Waals surface area contributed by atoms with Crippen LogP contribution in [0.2, 0.25) is 0 Å². The van der Waals surface area contributed by atoms with Crippen molar-refractivity contribution in [1.82, 2.24) is 4.90 Å². The predicted molar refractivity (Wildman–Crippen MR) is 149 cm³/mol. The van der Waals surface area contributed by atoms with Gasteiger partial charge >= 0.3 is 0 Å². The van der Waals surface area contributed by atoms with Gasteiger partial charge in [-0.15, -0.1) is 0 Å². The van der Waals surface area contributed by atoms with Crippen LogP contribution >= 0.6 is 11.6 Å². The highest BCUT2D eigenvalue weighted by Crippen LogP contribution is 2.39. The smallest absolute Gasteiger partial charge is 0.125 e. The highest BCUT2D eigenvalue weighted by Gasteiger charge is 2.24. The number of hydrogen-bond acceptors (Lipinski definition) is 3. The van der Waals surface area contributed by atoms with E-state index in [-0.39, 0.29) is 0 Å². The van der Waals surface area contributed by atoms with E-state index in [9.17, 15) is 0 Å². The second-order valence-corrected chi connectivity index (χ2v) is 8.97. The van der Waals surface area contributed by atoms with Crippen molar-refractivity contribution in [2.75, 3.05) is 14.2 Å². The molecule has 1 aromatic rings. The zero-order chi connectivity index (χ0) is 25.5. The molecule has 1 aliphatic heterocycles. The number of rotatable bonds is 9. The lowest BCUT2D eigenvalue weighted by atomic mass is 9.89. The van der Waals surface area contributed by atoms with Gasteiger partial charge in [-0.05, 0) is 91.7 Å². The van der Waals surface area contributed by atoms with Crippen LogP contribution in [-0.4, -0.2) is 19.1 Å². The van der Waals surface area contributed by atoms with Crippen molar-refractivity contribution in [3.8, 4) is 0 Å². The molecule has 35 heavy (non-hydrogen) atoms. The van der Waals surface area contributed by atoms with Crippen molar-refractivity contribution in [1.29, 1.82) is 0 Å². The molecule has 0 radical (unpaired) electrons. The fourth-order valence-corrected chi connectivity index (χ4v) is 4.47. The molecule has 1 aliphatic carbocycles. The first-order valence-corrected chi connectivity index (χ1v) is 12.4. The van der Waals surface area contributed by atoms with Crippen LogP contribution in [0.3, 0.4) is 0 Å². The molecule has 3 nitrogen and oxygen atoms in total. The van der Waals surface area contributed by atoms with Crippen molar-refractivity contribution in [3.05, 3.63) is 118 Å². The summed E-state index contributed by atoms with van der Waals surface area (Å²) >= 11 is 7.09. The van der Waals surface area contributed by atoms with Gasteiger partial charge in [-0.25, -0.2) is 0 Å². The Morgan fingerprint density at radius 3 is 2.31 bits per heavy atom. The van der Waals surface area contributed by atoms with Crippen molar-refractivity contribution < 1.29 is 9.47 Å². The summed E-state index contributed by atoms with van der Waals surface area (Å²) in [5, 5.41) is 0.649. The molecule has 1 heterocycles. The summed E-state index contributed by atoms with van der Waals surface area (Å²) in [5.41, 5.74) is 8.80. The maximum Gasteiger partial charge on any atom is 0.125 e. The van der Waals surface area contributed by atoms with Crippen LogP contribution in [-0.2, 0) is 9.47 Å². The first-order chi connectivity index (χ1) is 16.9. The van der Waals surface area contributed by atoms with E-state index < -0.39 is 0 Å². The van der Waals surface area contributed by atoms with Crippen LogP contribution in [0, 0.1) is 0 Å². The molecule has 184 valence electrons. The van der Waals surface area contributed by atoms with Gasteiger partial charge < -0.3 is 14.4 Å². The molecule has 0 bridgehead atoms. The second-order valence-electron chi connectivity index (χ2n) is 8.62. The number of methoxy groups -OCH3 is 2. The third-order valence-corrected chi connectivity index (χ3v) is 6.75. The van der Waals surface area contributed by atoms with E-state index in [1.165, 1.54) is 11.1 Å². The van der Waals surface area contributed by atoms with Crippen LogP contribution in [0.25, 0.3) is 11.1 Å². The standard InChI is InChI=1S/C31H36ClNO2/c1-8-21(3)27(17-14-23(5)34-6)29-13-11-10-12-28(29)26(9-2)31(32)33-19-18-25(20-22(33)4)30(35-7)24-15-16-24/h8,10-14,17-20H,4,9,15-16H2,1-3,5-7H3/b21-8-,23-14+,27-17+,31-26+. The van der Waals surface area contributed by atoms with Crippen LogP contribution < -0.4 is 0 Å². The Hall–Kier alpha value is -3.17. The lowest BCUT2D eigenvalue weighted by Crippen LogP contribution is -2.16. The normalized spacial score (nSPS) is 17.3. The van der Waals surface area contributed by atoms with Crippen LogP contribution in [0.5, 0.6) is 0 Å². The third kappa shape index (κ3) is 6.10. The average molecular weight is 490 g/mol. The van der Waals surface area contributed by atoms with Crippen molar-refractivity contribution in [2.24, 2.45) is 0 Å². The minimum Gasteiger partial charge on any atom is -0.501 e. The zero-order valence-corrected chi connectivity index (χ0v) is 22.5. The topological polar surface area (TPSA) is 21.7 Å². The monoisotopic (exact) mass is 489 g/mol. The molecule has 1 aromatic carbocycles. The number of ether oxygens (including phenoxy) is 2. The average Bonchev–Trinajstić information content (AvgIpc) is 3.70. The Morgan fingerprint density at radius 1 is 1.09 bits per heavy atom. The van der Waals surface area contributed by atoms with E-state index in [1.54, 1.807) is 14.2 Å². The van der Waals surface area contributed by atoms with E-state index >= 15 is 0 Å². The molecule has 0 atom stereocenters. The number of allylic oxidation sites excluding steroid dienone is 10. The van der Waals surface area contributed by atoms with E-state index in [0.29, 0.717) is 5.16 Å². The zero-order valence-electron chi connectivity index (χ0n) is 21.7. The molecule has 0 amide bonds. The number of halogens is 1. The van der Waals surface area contributed by atoms with Gasteiger partial charge in [-0.3, -0.25) is 0 Å². The number of benzene rings is 1. The molecular formula is C31H36ClNO2. The Morgan fingerprint density at radius 2 is 1.77 bits per heavy atom. The lowest BCUT2D eigenvalue weighted by molar-refractivity contribution is 0.294. The summed E-state index contributed by atoms with van der Waals surface area (Å²) in [7, 11) is 3.41. The molecular weight excluding hydrogens is 454 g/mol. The Bertz CT molecular complexity index is 1200. The molecule has 0 aromatic heterocycles. The van der Waals surface area contributed by atoms with E-state index in [0.717, 1.165) is 64.3 Å². The van der Waals surface area contributed by atoms with Crippen LogP contribution in [0.15, 0.2) is 107 Å². The summed E-state index contributed by atoms with van der Waals surface area (Å²) in [6, 6.07) is 8.41. The fourth-order valence-electron chi connectivity index (χ4n) is 4.07. The molecule has 4 heteroatoms. The molecule has 2 aliphatic rings. The minimum absolute atomic E-state index is 0.649. The summed E-state index contributed by atoms with van der Waals surface area (Å²) in [5.74, 6) is 1.81. The van der Waals surface area contributed by atoms with Crippen molar-refractivity contribution in [2.45, 2.75) is 47.0 Å².